The lowest BCUT2D eigenvalue weighted by Crippen LogP contribution is -1.99. The third-order valence-corrected chi connectivity index (χ3v) is 3.81. The first-order valence-corrected chi connectivity index (χ1v) is 6.67. The first-order valence-electron chi connectivity index (χ1n) is 5.79. The molecule has 0 aliphatic carbocycles. The lowest BCUT2D eigenvalue weighted by Gasteiger charge is -2.10. The molecule has 1 atom stereocenters. The Labute approximate surface area is 111 Å². The minimum Gasteiger partial charge on any atom is -0.295 e. The highest BCUT2D eigenvalue weighted by molar-refractivity contribution is 8.00. The Hall–Kier alpha value is -1.73. The molecule has 4 heteroatoms. The molecule has 0 aliphatic heterocycles. The number of hydrogen-bond acceptors (Lipinski definition) is 3. The summed E-state index contributed by atoms with van der Waals surface area (Å²) in [6.07, 6.45) is 3.69. The summed E-state index contributed by atoms with van der Waals surface area (Å²) in [7, 11) is 0. The molecule has 0 spiro atoms. The summed E-state index contributed by atoms with van der Waals surface area (Å²) >= 11 is 1.47. The summed E-state index contributed by atoms with van der Waals surface area (Å²) in [5, 5.41) is 9.62. The Morgan fingerprint density at radius 2 is 2.11 bits per heavy atom. The molecule has 92 valence electrons. The average Bonchev–Trinajstić information content (AvgIpc) is 2.80. The van der Waals surface area contributed by atoms with Crippen molar-refractivity contribution in [1.29, 1.82) is 5.26 Å². The van der Waals surface area contributed by atoms with Crippen molar-refractivity contribution in [2.45, 2.75) is 31.2 Å². The zero-order valence-electron chi connectivity index (χ0n) is 10.7. The van der Waals surface area contributed by atoms with E-state index in [-0.39, 0.29) is 5.25 Å². The molecule has 1 aromatic heterocycles. The van der Waals surface area contributed by atoms with Crippen LogP contribution >= 0.6 is 11.8 Å². The van der Waals surface area contributed by atoms with E-state index in [4.69, 9.17) is 5.26 Å². The third kappa shape index (κ3) is 2.57. The molecule has 0 amide bonds. The van der Waals surface area contributed by atoms with Crippen molar-refractivity contribution < 1.29 is 0 Å². The van der Waals surface area contributed by atoms with Gasteiger partial charge in [0.05, 0.1) is 11.3 Å². The quantitative estimate of drug-likeness (QED) is 0.790. The maximum atomic E-state index is 8.87. The highest BCUT2D eigenvalue weighted by Gasteiger charge is 2.10. The molecular formula is C14H15N3S. The van der Waals surface area contributed by atoms with Crippen LogP contribution in [0.3, 0.4) is 0 Å². The van der Waals surface area contributed by atoms with E-state index in [1.54, 1.807) is 6.20 Å². The largest absolute Gasteiger partial charge is 0.295 e. The zero-order chi connectivity index (χ0) is 13.1. The summed E-state index contributed by atoms with van der Waals surface area (Å²) in [6, 6.07) is 8.53. The van der Waals surface area contributed by atoms with Crippen LogP contribution in [0.25, 0.3) is 5.69 Å². The normalized spacial score (nSPS) is 12.1. The number of rotatable bonds is 3. The van der Waals surface area contributed by atoms with Gasteiger partial charge in [-0.3, -0.25) is 4.57 Å². The maximum Gasteiger partial charge on any atom is 0.173 e. The molecule has 0 bridgehead atoms. The highest BCUT2D eigenvalue weighted by atomic mass is 32.2. The van der Waals surface area contributed by atoms with Crippen molar-refractivity contribution in [2.24, 2.45) is 0 Å². The second-order valence-electron chi connectivity index (χ2n) is 4.24. The van der Waals surface area contributed by atoms with Gasteiger partial charge in [0.15, 0.2) is 5.16 Å². The Morgan fingerprint density at radius 1 is 1.33 bits per heavy atom. The van der Waals surface area contributed by atoms with Gasteiger partial charge in [-0.15, -0.1) is 0 Å². The van der Waals surface area contributed by atoms with Crippen LogP contribution in [0.15, 0.2) is 35.7 Å². The van der Waals surface area contributed by atoms with Crippen molar-refractivity contribution >= 4 is 11.8 Å². The first-order chi connectivity index (χ1) is 8.61. The van der Waals surface area contributed by atoms with E-state index in [0.29, 0.717) is 0 Å². The molecule has 0 aliphatic rings. The minimum atomic E-state index is -0.0994. The van der Waals surface area contributed by atoms with Crippen LogP contribution in [0.1, 0.15) is 18.1 Å². The second-order valence-corrected chi connectivity index (χ2v) is 5.55. The molecule has 0 saturated carbocycles. The molecule has 0 saturated heterocycles. The molecule has 1 aromatic carbocycles. The van der Waals surface area contributed by atoms with Gasteiger partial charge in [0, 0.05) is 18.1 Å². The summed E-state index contributed by atoms with van der Waals surface area (Å²) in [6.45, 7) is 6.07. The average molecular weight is 257 g/mol. The SMILES string of the molecule is Cc1ccc(-n2ccnc2S[C@H](C)C#N)cc1C. The fourth-order valence-electron chi connectivity index (χ4n) is 1.63. The van der Waals surface area contributed by atoms with Gasteiger partial charge in [-0.25, -0.2) is 4.98 Å². The van der Waals surface area contributed by atoms with Gasteiger partial charge in [0.1, 0.15) is 0 Å². The van der Waals surface area contributed by atoms with Gasteiger partial charge in [0.2, 0.25) is 0 Å². The molecular weight excluding hydrogens is 242 g/mol. The molecule has 0 fully saturated rings. The number of aromatic nitrogens is 2. The van der Waals surface area contributed by atoms with E-state index in [9.17, 15) is 0 Å². The molecule has 1 heterocycles. The van der Waals surface area contributed by atoms with Crippen molar-refractivity contribution in [3.63, 3.8) is 0 Å². The smallest absolute Gasteiger partial charge is 0.173 e. The monoisotopic (exact) mass is 257 g/mol. The van der Waals surface area contributed by atoms with Gasteiger partial charge < -0.3 is 0 Å². The standard InChI is InChI=1S/C14H15N3S/c1-10-4-5-13(8-11(10)2)17-7-6-16-14(17)18-12(3)9-15/h4-8,12H,1-3H3/t12-/m1/s1. The zero-order valence-corrected chi connectivity index (χ0v) is 11.5. The van der Waals surface area contributed by atoms with Crippen LogP contribution in [0.2, 0.25) is 0 Å². The molecule has 2 rings (SSSR count). The topological polar surface area (TPSA) is 41.6 Å². The van der Waals surface area contributed by atoms with Crippen LogP contribution in [0.4, 0.5) is 0 Å². The highest BCUT2D eigenvalue weighted by Crippen LogP contribution is 2.24. The van der Waals surface area contributed by atoms with Gasteiger partial charge in [0.25, 0.3) is 0 Å². The van der Waals surface area contributed by atoms with Crippen LogP contribution < -0.4 is 0 Å². The summed E-state index contributed by atoms with van der Waals surface area (Å²) in [5.41, 5.74) is 3.62. The van der Waals surface area contributed by atoms with Crippen LogP contribution in [0.5, 0.6) is 0 Å². The van der Waals surface area contributed by atoms with Gasteiger partial charge in [-0.2, -0.15) is 5.26 Å². The minimum absolute atomic E-state index is 0.0994. The van der Waals surface area contributed by atoms with Crippen molar-refractivity contribution in [3.05, 3.63) is 41.7 Å². The maximum absolute atomic E-state index is 8.87. The van der Waals surface area contributed by atoms with E-state index >= 15 is 0 Å². The molecule has 0 unspecified atom stereocenters. The summed E-state index contributed by atoms with van der Waals surface area (Å²) in [5.74, 6) is 0. The van der Waals surface area contributed by atoms with Gasteiger partial charge >= 0.3 is 0 Å². The van der Waals surface area contributed by atoms with E-state index in [2.05, 4.69) is 43.1 Å². The number of nitrogens with zero attached hydrogens (tertiary/aromatic N) is 3. The number of thioether (sulfide) groups is 1. The molecule has 0 N–H and O–H groups in total. The predicted octanol–water partition coefficient (Wildman–Crippen LogP) is 3.49. The molecule has 0 radical (unpaired) electrons. The van der Waals surface area contributed by atoms with E-state index in [1.807, 2.05) is 17.7 Å². The molecule has 18 heavy (non-hydrogen) atoms. The Bertz CT molecular complexity index is 595. The number of imidazole rings is 1. The number of benzene rings is 1. The predicted molar refractivity (Wildman–Crippen MR) is 74.0 cm³/mol. The second kappa shape index (κ2) is 5.28. The van der Waals surface area contributed by atoms with Crippen LogP contribution in [-0.4, -0.2) is 14.8 Å². The lowest BCUT2D eigenvalue weighted by atomic mass is 10.1. The number of hydrogen-bond donors (Lipinski definition) is 0. The van der Waals surface area contributed by atoms with Crippen molar-refractivity contribution in [2.75, 3.05) is 0 Å². The van der Waals surface area contributed by atoms with E-state index < -0.39 is 0 Å². The number of aryl methyl sites for hydroxylation is 2. The summed E-state index contributed by atoms with van der Waals surface area (Å²) < 4.78 is 2.02. The fraction of sp³-hybridized carbons (Fsp3) is 0.286. The van der Waals surface area contributed by atoms with Crippen LogP contribution in [0, 0.1) is 25.2 Å². The molecule has 2 aromatic rings. The number of nitriles is 1. The Kier molecular flexibility index (Phi) is 3.73. The van der Waals surface area contributed by atoms with E-state index in [1.165, 1.54) is 22.9 Å². The van der Waals surface area contributed by atoms with Crippen molar-refractivity contribution in [3.8, 4) is 11.8 Å². The van der Waals surface area contributed by atoms with Crippen molar-refractivity contribution in [1.82, 2.24) is 9.55 Å². The Balaban J connectivity index is 2.36. The third-order valence-electron chi connectivity index (χ3n) is 2.84. The summed E-state index contributed by atoms with van der Waals surface area (Å²) in [4.78, 5) is 4.31. The Morgan fingerprint density at radius 3 is 2.78 bits per heavy atom. The molecule has 3 nitrogen and oxygen atoms in total. The van der Waals surface area contributed by atoms with Gasteiger partial charge in [-0.1, -0.05) is 17.8 Å². The van der Waals surface area contributed by atoms with Gasteiger partial charge in [-0.05, 0) is 44.0 Å². The fourth-order valence-corrected chi connectivity index (χ4v) is 2.40. The first kappa shape index (κ1) is 12.7. The lowest BCUT2D eigenvalue weighted by molar-refractivity contribution is 0.890. The van der Waals surface area contributed by atoms with Crippen LogP contribution in [-0.2, 0) is 0 Å². The van der Waals surface area contributed by atoms with E-state index in [0.717, 1.165) is 10.8 Å².